The monoisotopic (exact) mass is 281 g/mol. The van der Waals surface area contributed by atoms with Crippen LogP contribution in [0.2, 0.25) is 0 Å². The van der Waals surface area contributed by atoms with Gasteiger partial charge in [0.15, 0.2) is 0 Å². The van der Waals surface area contributed by atoms with Crippen molar-refractivity contribution in [1.29, 1.82) is 0 Å². The van der Waals surface area contributed by atoms with E-state index in [1.807, 2.05) is 12.2 Å². The summed E-state index contributed by atoms with van der Waals surface area (Å²) >= 11 is 0. The third kappa shape index (κ3) is 3.14. The van der Waals surface area contributed by atoms with Crippen molar-refractivity contribution in [3.8, 4) is 5.75 Å². The van der Waals surface area contributed by atoms with E-state index in [0.717, 1.165) is 0 Å². The predicted molar refractivity (Wildman–Crippen MR) is 70.2 cm³/mol. The fourth-order valence-corrected chi connectivity index (χ4v) is 2.95. The first-order valence-corrected chi connectivity index (χ1v) is 7.37. The van der Waals surface area contributed by atoms with Gasteiger partial charge in [-0.25, -0.2) is 13.1 Å². The van der Waals surface area contributed by atoms with Crippen LogP contribution in [0.3, 0.4) is 0 Å². The Kier molecular flexibility index (Phi) is 3.90. The minimum absolute atomic E-state index is 0.0196. The Balaban J connectivity index is 2.15. The Morgan fingerprint density at radius 1 is 1.32 bits per heavy atom. The van der Waals surface area contributed by atoms with Crippen LogP contribution in [0.1, 0.15) is 12.8 Å². The number of carbonyl (C=O) groups excluding carboxylic acids is 1. The second-order valence-electron chi connectivity index (χ2n) is 4.29. The van der Waals surface area contributed by atoms with E-state index in [9.17, 15) is 13.2 Å². The summed E-state index contributed by atoms with van der Waals surface area (Å²) in [6.07, 6.45) is 4.92. The molecule has 0 unspecified atom stereocenters. The lowest BCUT2D eigenvalue weighted by Crippen LogP contribution is -2.34. The Bertz CT molecular complexity index is 599. The molecule has 102 valence electrons. The minimum Gasteiger partial charge on any atom is -0.497 e. The number of hydrogen-bond donors (Lipinski definition) is 1. The number of rotatable bonds is 4. The van der Waals surface area contributed by atoms with Gasteiger partial charge in [-0.3, -0.25) is 4.79 Å². The summed E-state index contributed by atoms with van der Waals surface area (Å²) in [5, 5.41) is 0. The molecule has 2 rings (SSSR count). The zero-order chi connectivity index (χ0) is 13.9. The van der Waals surface area contributed by atoms with Crippen molar-refractivity contribution in [2.75, 3.05) is 7.11 Å². The van der Waals surface area contributed by atoms with Gasteiger partial charge in [-0.15, -0.1) is 0 Å². The van der Waals surface area contributed by atoms with Gasteiger partial charge in [-0.2, -0.15) is 0 Å². The number of methoxy groups -OCH3 is 1. The van der Waals surface area contributed by atoms with Gasteiger partial charge in [-0.1, -0.05) is 18.2 Å². The minimum atomic E-state index is -3.84. The van der Waals surface area contributed by atoms with E-state index in [1.54, 1.807) is 12.1 Å². The number of nitrogens with one attached hydrogen (secondary N) is 1. The maximum Gasteiger partial charge on any atom is 0.264 e. The lowest BCUT2D eigenvalue weighted by atomic mass is 10.1. The molecule has 0 fully saturated rings. The fraction of sp³-hybridized carbons (Fsp3) is 0.308. The molecule has 1 aromatic carbocycles. The Morgan fingerprint density at radius 2 is 2.00 bits per heavy atom. The van der Waals surface area contributed by atoms with Crippen LogP contribution in [0.25, 0.3) is 0 Å². The lowest BCUT2D eigenvalue weighted by molar-refractivity contribution is -0.122. The van der Waals surface area contributed by atoms with Crippen LogP contribution in [-0.4, -0.2) is 21.4 Å². The van der Waals surface area contributed by atoms with Crippen molar-refractivity contribution in [2.24, 2.45) is 5.92 Å². The van der Waals surface area contributed by atoms with Crippen molar-refractivity contribution in [2.45, 2.75) is 17.7 Å². The summed E-state index contributed by atoms with van der Waals surface area (Å²) < 4.78 is 31.2. The van der Waals surface area contributed by atoms with Crippen molar-refractivity contribution in [3.63, 3.8) is 0 Å². The molecule has 0 heterocycles. The highest BCUT2D eigenvalue weighted by molar-refractivity contribution is 7.90. The third-order valence-electron chi connectivity index (χ3n) is 2.97. The van der Waals surface area contributed by atoms with Crippen LogP contribution in [0, 0.1) is 5.92 Å². The van der Waals surface area contributed by atoms with E-state index in [-0.39, 0.29) is 10.8 Å². The largest absolute Gasteiger partial charge is 0.497 e. The molecule has 6 heteroatoms. The second kappa shape index (κ2) is 5.44. The smallest absolute Gasteiger partial charge is 0.264 e. The van der Waals surface area contributed by atoms with Gasteiger partial charge >= 0.3 is 0 Å². The Hall–Kier alpha value is -1.82. The summed E-state index contributed by atoms with van der Waals surface area (Å²) in [6.45, 7) is 0. The molecule has 0 bridgehead atoms. The second-order valence-corrected chi connectivity index (χ2v) is 5.97. The topological polar surface area (TPSA) is 72.5 Å². The molecule has 1 N–H and O–H groups in total. The van der Waals surface area contributed by atoms with Gasteiger partial charge in [0.05, 0.1) is 12.0 Å². The molecule has 0 saturated carbocycles. The van der Waals surface area contributed by atoms with Crippen LogP contribution in [0.5, 0.6) is 5.75 Å². The molecule has 0 aromatic heterocycles. The fourth-order valence-electron chi connectivity index (χ4n) is 1.87. The number of carbonyl (C=O) groups is 1. The molecule has 1 aromatic rings. The van der Waals surface area contributed by atoms with Gasteiger partial charge < -0.3 is 4.74 Å². The van der Waals surface area contributed by atoms with Crippen LogP contribution < -0.4 is 9.46 Å². The van der Waals surface area contributed by atoms with Crippen molar-refractivity contribution in [3.05, 3.63) is 36.4 Å². The van der Waals surface area contributed by atoms with E-state index in [0.29, 0.717) is 18.6 Å². The zero-order valence-corrected chi connectivity index (χ0v) is 11.3. The molecule has 1 aliphatic carbocycles. The maximum atomic E-state index is 12.1. The van der Waals surface area contributed by atoms with Gasteiger partial charge in [0.25, 0.3) is 10.0 Å². The Morgan fingerprint density at radius 3 is 2.63 bits per heavy atom. The van der Waals surface area contributed by atoms with Gasteiger partial charge in [0.2, 0.25) is 5.91 Å². The first kappa shape index (κ1) is 13.6. The summed E-state index contributed by atoms with van der Waals surface area (Å²) in [5.41, 5.74) is 0. The lowest BCUT2D eigenvalue weighted by Gasteiger charge is -2.11. The van der Waals surface area contributed by atoms with E-state index >= 15 is 0 Å². The first-order valence-electron chi connectivity index (χ1n) is 5.88. The van der Waals surface area contributed by atoms with E-state index < -0.39 is 15.9 Å². The molecule has 0 spiro atoms. The summed E-state index contributed by atoms with van der Waals surface area (Å²) in [4.78, 5) is 11.8. The maximum absolute atomic E-state index is 12.1. The average molecular weight is 281 g/mol. The molecular formula is C13H15NO4S. The standard InChI is InChI=1S/C13H15NO4S/c1-18-11-7-4-8-12(9-11)19(16,17)14-13(15)10-5-2-3-6-10/h2-4,7-10H,5-6H2,1H3,(H,14,15). The molecule has 0 aliphatic heterocycles. The summed E-state index contributed by atoms with van der Waals surface area (Å²) in [6, 6.07) is 6.00. The van der Waals surface area contributed by atoms with Crippen LogP contribution in [-0.2, 0) is 14.8 Å². The number of sulfonamides is 1. The van der Waals surface area contributed by atoms with Crippen LogP contribution in [0.15, 0.2) is 41.3 Å². The highest BCUT2D eigenvalue weighted by Crippen LogP contribution is 2.20. The molecule has 1 aliphatic rings. The van der Waals surface area contributed by atoms with Crippen LogP contribution >= 0.6 is 0 Å². The van der Waals surface area contributed by atoms with Crippen molar-refractivity contribution < 1.29 is 17.9 Å². The van der Waals surface area contributed by atoms with E-state index in [2.05, 4.69) is 4.72 Å². The quantitative estimate of drug-likeness (QED) is 0.848. The van der Waals surface area contributed by atoms with E-state index in [4.69, 9.17) is 4.74 Å². The van der Waals surface area contributed by atoms with Gasteiger partial charge in [0.1, 0.15) is 5.75 Å². The third-order valence-corrected chi connectivity index (χ3v) is 4.31. The number of allylic oxidation sites excluding steroid dienone is 2. The predicted octanol–water partition coefficient (Wildman–Crippen LogP) is 1.47. The molecule has 0 radical (unpaired) electrons. The molecule has 1 amide bonds. The van der Waals surface area contributed by atoms with E-state index in [1.165, 1.54) is 19.2 Å². The highest BCUT2D eigenvalue weighted by atomic mass is 32.2. The average Bonchev–Trinajstić information content (AvgIpc) is 2.92. The molecule has 19 heavy (non-hydrogen) atoms. The molecule has 5 nitrogen and oxygen atoms in total. The van der Waals surface area contributed by atoms with Crippen molar-refractivity contribution >= 4 is 15.9 Å². The zero-order valence-electron chi connectivity index (χ0n) is 10.5. The normalized spacial score (nSPS) is 15.4. The Labute approximate surface area is 112 Å². The number of benzene rings is 1. The van der Waals surface area contributed by atoms with Gasteiger partial charge in [-0.05, 0) is 25.0 Å². The number of amides is 1. The molecular weight excluding hydrogens is 266 g/mol. The number of ether oxygens (including phenoxy) is 1. The summed E-state index contributed by atoms with van der Waals surface area (Å²) in [5.74, 6) is -0.328. The molecule has 0 saturated heterocycles. The first-order chi connectivity index (χ1) is 9.03. The SMILES string of the molecule is COc1cccc(S(=O)(=O)NC(=O)C2CC=CC2)c1. The summed E-state index contributed by atoms with van der Waals surface area (Å²) in [7, 11) is -2.38. The highest BCUT2D eigenvalue weighted by Gasteiger charge is 2.25. The number of hydrogen-bond acceptors (Lipinski definition) is 4. The van der Waals surface area contributed by atoms with Gasteiger partial charge in [0, 0.05) is 12.0 Å². The van der Waals surface area contributed by atoms with Crippen LogP contribution in [0.4, 0.5) is 0 Å². The molecule has 0 atom stereocenters. The van der Waals surface area contributed by atoms with Crippen molar-refractivity contribution in [1.82, 2.24) is 4.72 Å².